The summed E-state index contributed by atoms with van der Waals surface area (Å²) in [5, 5.41) is 2.84. The van der Waals surface area contributed by atoms with Crippen LogP contribution in [0.2, 0.25) is 0 Å². The second-order valence-corrected chi connectivity index (χ2v) is 5.23. The Morgan fingerprint density at radius 3 is 2.78 bits per heavy atom. The van der Waals surface area contributed by atoms with Crippen LogP contribution < -0.4 is 11.1 Å². The minimum Gasteiger partial charge on any atom is -0.383 e. The Morgan fingerprint density at radius 1 is 1.50 bits per heavy atom. The fraction of sp³-hybridized carbons (Fsp3) is 0.923. The molecule has 18 heavy (non-hydrogen) atoms. The number of amides is 1. The molecule has 1 rings (SSSR count). The molecule has 1 aliphatic rings. The molecule has 1 saturated heterocycles. The van der Waals surface area contributed by atoms with Gasteiger partial charge in [0, 0.05) is 13.7 Å². The molecular weight excluding hydrogens is 230 g/mol. The SMILES string of the molecule is COCC(N)C(=O)NCCCN1CCC(C)CC1. The van der Waals surface area contributed by atoms with E-state index in [1.54, 1.807) is 7.11 Å². The minimum atomic E-state index is -0.550. The summed E-state index contributed by atoms with van der Waals surface area (Å²) in [6.45, 7) is 6.73. The molecule has 0 aliphatic carbocycles. The van der Waals surface area contributed by atoms with Crippen LogP contribution in [0.1, 0.15) is 26.2 Å². The Labute approximate surface area is 110 Å². The van der Waals surface area contributed by atoms with Crippen LogP contribution in [0.15, 0.2) is 0 Å². The number of carbonyl (C=O) groups is 1. The molecule has 3 N–H and O–H groups in total. The van der Waals surface area contributed by atoms with E-state index in [0.717, 1.165) is 18.9 Å². The zero-order valence-corrected chi connectivity index (χ0v) is 11.7. The van der Waals surface area contributed by atoms with Crippen LogP contribution in [0, 0.1) is 5.92 Å². The van der Waals surface area contributed by atoms with Gasteiger partial charge in [0.1, 0.15) is 6.04 Å². The Morgan fingerprint density at radius 2 is 2.17 bits per heavy atom. The third kappa shape index (κ3) is 5.80. The highest BCUT2D eigenvalue weighted by Gasteiger charge is 2.15. The molecule has 1 aliphatic heterocycles. The maximum atomic E-state index is 11.5. The van der Waals surface area contributed by atoms with Crippen LogP contribution in [-0.4, -0.2) is 56.7 Å². The van der Waals surface area contributed by atoms with Gasteiger partial charge in [0.15, 0.2) is 0 Å². The Kier molecular flexibility index (Phi) is 7.23. The quantitative estimate of drug-likeness (QED) is 0.639. The van der Waals surface area contributed by atoms with E-state index in [1.165, 1.54) is 25.9 Å². The van der Waals surface area contributed by atoms with Crippen molar-refractivity contribution in [3.8, 4) is 0 Å². The number of piperidine rings is 1. The third-order valence-electron chi connectivity index (χ3n) is 3.51. The standard InChI is InChI=1S/C13H27N3O2/c1-11-4-8-16(9-5-11)7-3-6-15-13(17)12(14)10-18-2/h11-12H,3-10,14H2,1-2H3,(H,15,17). The predicted octanol–water partition coefficient (Wildman–Crippen LogP) is 0.198. The first-order valence-electron chi connectivity index (χ1n) is 6.88. The molecule has 0 saturated carbocycles. The maximum absolute atomic E-state index is 11.5. The molecule has 1 heterocycles. The summed E-state index contributed by atoms with van der Waals surface area (Å²) in [5.41, 5.74) is 5.62. The van der Waals surface area contributed by atoms with E-state index in [-0.39, 0.29) is 12.5 Å². The van der Waals surface area contributed by atoms with Crippen molar-refractivity contribution in [1.82, 2.24) is 10.2 Å². The first-order chi connectivity index (χ1) is 8.63. The van der Waals surface area contributed by atoms with E-state index < -0.39 is 6.04 Å². The van der Waals surface area contributed by atoms with Gasteiger partial charge in [-0.3, -0.25) is 4.79 Å². The van der Waals surface area contributed by atoms with Crippen molar-refractivity contribution < 1.29 is 9.53 Å². The van der Waals surface area contributed by atoms with Gasteiger partial charge in [-0.1, -0.05) is 6.92 Å². The fourth-order valence-corrected chi connectivity index (χ4v) is 2.19. The maximum Gasteiger partial charge on any atom is 0.239 e. The van der Waals surface area contributed by atoms with Gasteiger partial charge in [-0.05, 0) is 44.8 Å². The number of nitrogens with zero attached hydrogens (tertiary/aromatic N) is 1. The molecule has 0 spiro atoms. The van der Waals surface area contributed by atoms with Crippen molar-refractivity contribution in [1.29, 1.82) is 0 Å². The first-order valence-corrected chi connectivity index (χ1v) is 6.88. The van der Waals surface area contributed by atoms with Crippen molar-refractivity contribution in [2.24, 2.45) is 11.7 Å². The molecule has 0 aromatic carbocycles. The molecule has 1 fully saturated rings. The second kappa shape index (κ2) is 8.45. The number of ether oxygens (including phenoxy) is 1. The van der Waals surface area contributed by atoms with Crippen LogP contribution in [0.4, 0.5) is 0 Å². The van der Waals surface area contributed by atoms with Crippen LogP contribution in [-0.2, 0) is 9.53 Å². The smallest absolute Gasteiger partial charge is 0.239 e. The van der Waals surface area contributed by atoms with E-state index >= 15 is 0 Å². The summed E-state index contributed by atoms with van der Waals surface area (Å²) in [4.78, 5) is 14.0. The average molecular weight is 257 g/mol. The predicted molar refractivity (Wildman–Crippen MR) is 72.3 cm³/mol. The van der Waals surface area contributed by atoms with Crippen LogP contribution in [0.25, 0.3) is 0 Å². The molecule has 1 atom stereocenters. The van der Waals surface area contributed by atoms with Crippen LogP contribution in [0.5, 0.6) is 0 Å². The van der Waals surface area contributed by atoms with Gasteiger partial charge >= 0.3 is 0 Å². The monoisotopic (exact) mass is 257 g/mol. The molecule has 0 aromatic rings. The van der Waals surface area contributed by atoms with E-state index in [9.17, 15) is 4.79 Å². The number of hydrogen-bond donors (Lipinski definition) is 2. The lowest BCUT2D eigenvalue weighted by molar-refractivity contribution is -0.123. The number of hydrogen-bond acceptors (Lipinski definition) is 4. The van der Waals surface area contributed by atoms with E-state index in [4.69, 9.17) is 10.5 Å². The molecule has 106 valence electrons. The zero-order valence-electron chi connectivity index (χ0n) is 11.7. The molecule has 5 heteroatoms. The highest BCUT2D eigenvalue weighted by atomic mass is 16.5. The highest BCUT2D eigenvalue weighted by molar-refractivity contribution is 5.81. The lowest BCUT2D eigenvalue weighted by Gasteiger charge is -2.30. The van der Waals surface area contributed by atoms with Gasteiger partial charge in [0.2, 0.25) is 5.91 Å². The Hall–Kier alpha value is -0.650. The van der Waals surface area contributed by atoms with Crippen molar-refractivity contribution in [2.45, 2.75) is 32.2 Å². The number of nitrogens with one attached hydrogen (secondary N) is 1. The van der Waals surface area contributed by atoms with Gasteiger partial charge in [0.25, 0.3) is 0 Å². The van der Waals surface area contributed by atoms with Gasteiger partial charge in [0.05, 0.1) is 6.61 Å². The summed E-state index contributed by atoms with van der Waals surface area (Å²) in [5.74, 6) is 0.747. The highest BCUT2D eigenvalue weighted by Crippen LogP contribution is 2.15. The Balaban J connectivity index is 2.02. The Bertz CT molecular complexity index is 240. The lowest BCUT2D eigenvalue weighted by atomic mass is 9.99. The van der Waals surface area contributed by atoms with Crippen molar-refractivity contribution in [2.75, 3.05) is 39.9 Å². The second-order valence-electron chi connectivity index (χ2n) is 5.23. The average Bonchev–Trinajstić information content (AvgIpc) is 2.36. The van der Waals surface area contributed by atoms with Crippen molar-refractivity contribution in [3.63, 3.8) is 0 Å². The largest absolute Gasteiger partial charge is 0.383 e. The summed E-state index contributed by atoms with van der Waals surface area (Å²) in [6.07, 6.45) is 3.58. The molecule has 0 aromatic heterocycles. The molecule has 0 radical (unpaired) electrons. The minimum absolute atomic E-state index is 0.121. The molecular formula is C13H27N3O2. The van der Waals surface area contributed by atoms with Gasteiger partial charge < -0.3 is 20.7 Å². The molecule has 1 amide bonds. The molecule has 0 bridgehead atoms. The van der Waals surface area contributed by atoms with E-state index in [2.05, 4.69) is 17.1 Å². The summed E-state index contributed by atoms with van der Waals surface area (Å²) in [6, 6.07) is -0.550. The van der Waals surface area contributed by atoms with Gasteiger partial charge in [-0.2, -0.15) is 0 Å². The van der Waals surface area contributed by atoms with E-state index in [1.807, 2.05) is 0 Å². The summed E-state index contributed by atoms with van der Waals surface area (Å²) < 4.78 is 4.84. The summed E-state index contributed by atoms with van der Waals surface area (Å²) in [7, 11) is 1.55. The number of nitrogens with two attached hydrogens (primary N) is 1. The first kappa shape index (κ1) is 15.4. The zero-order chi connectivity index (χ0) is 13.4. The third-order valence-corrected chi connectivity index (χ3v) is 3.51. The number of rotatable bonds is 7. The van der Waals surface area contributed by atoms with E-state index in [0.29, 0.717) is 6.54 Å². The number of likely N-dealkylation sites (tertiary alicyclic amines) is 1. The topological polar surface area (TPSA) is 67.6 Å². The van der Waals surface area contributed by atoms with Gasteiger partial charge in [-0.15, -0.1) is 0 Å². The number of methoxy groups -OCH3 is 1. The molecule has 5 nitrogen and oxygen atoms in total. The summed E-state index contributed by atoms with van der Waals surface area (Å²) >= 11 is 0. The van der Waals surface area contributed by atoms with Crippen molar-refractivity contribution in [3.05, 3.63) is 0 Å². The molecule has 1 unspecified atom stereocenters. The van der Waals surface area contributed by atoms with Gasteiger partial charge in [-0.25, -0.2) is 0 Å². The van der Waals surface area contributed by atoms with Crippen molar-refractivity contribution >= 4 is 5.91 Å². The lowest BCUT2D eigenvalue weighted by Crippen LogP contribution is -2.44. The van der Waals surface area contributed by atoms with Crippen LogP contribution >= 0.6 is 0 Å². The van der Waals surface area contributed by atoms with Crippen LogP contribution in [0.3, 0.4) is 0 Å². The fourth-order valence-electron chi connectivity index (χ4n) is 2.19. The number of carbonyl (C=O) groups excluding carboxylic acids is 1. The normalized spacial score (nSPS) is 19.7.